The molecule has 2 atom stereocenters. The van der Waals surface area contributed by atoms with Gasteiger partial charge < -0.3 is 15.5 Å². The van der Waals surface area contributed by atoms with Crippen LogP contribution in [-0.2, 0) is 4.79 Å². The van der Waals surface area contributed by atoms with E-state index in [-0.39, 0.29) is 35.6 Å². The van der Waals surface area contributed by atoms with Crippen molar-refractivity contribution >= 4 is 29.9 Å². The van der Waals surface area contributed by atoms with E-state index in [4.69, 9.17) is 0 Å². The van der Waals surface area contributed by atoms with E-state index in [1.807, 2.05) is 30.0 Å². The predicted octanol–water partition coefficient (Wildman–Crippen LogP) is 3.76. The van der Waals surface area contributed by atoms with E-state index in [1.54, 1.807) is 0 Å². The first-order chi connectivity index (χ1) is 13.0. The number of carbonyl (C=O) groups excluding carboxylic acids is 2. The maximum atomic E-state index is 12.8. The third kappa shape index (κ3) is 4.06. The van der Waals surface area contributed by atoms with Crippen molar-refractivity contribution in [3.8, 4) is 0 Å². The van der Waals surface area contributed by atoms with Crippen LogP contribution in [0, 0.1) is 18.3 Å². The van der Waals surface area contributed by atoms with Gasteiger partial charge in [0.1, 0.15) is 0 Å². The maximum absolute atomic E-state index is 12.8. The third-order valence-electron chi connectivity index (χ3n) is 6.90. The van der Waals surface area contributed by atoms with Crippen LogP contribution in [0.25, 0.3) is 0 Å². The molecule has 0 radical (unpaired) electrons. The summed E-state index contributed by atoms with van der Waals surface area (Å²) < 4.78 is 0. The Bertz CT molecular complexity index is 745. The Hall–Kier alpha value is -1.59. The molecule has 1 aromatic rings. The summed E-state index contributed by atoms with van der Waals surface area (Å²) >= 11 is 0. The van der Waals surface area contributed by atoms with Gasteiger partial charge in [0.25, 0.3) is 5.91 Å². The molecular weight excluding hydrogens is 374 g/mol. The minimum atomic E-state index is 0. The molecule has 4 rings (SSSR count). The maximum Gasteiger partial charge on any atom is 0.254 e. The van der Waals surface area contributed by atoms with E-state index in [9.17, 15) is 9.59 Å². The summed E-state index contributed by atoms with van der Waals surface area (Å²) in [5.74, 6) is 0.400. The Morgan fingerprint density at radius 3 is 2.64 bits per heavy atom. The predicted molar refractivity (Wildman–Crippen MR) is 114 cm³/mol. The molecule has 0 aromatic heterocycles. The first kappa shape index (κ1) is 21.1. The van der Waals surface area contributed by atoms with Crippen molar-refractivity contribution in [3.05, 3.63) is 29.3 Å². The van der Waals surface area contributed by atoms with E-state index < -0.39 is 0 Å². The number of amides is 2. The molecule has 1 aliphatic carbocycles. The topological polar surface area (TPSA) is 61.4 Å². The van der Waals surface area contributed by atoms with Crippen molar-refractivity contribution in [3.63, 3.8) is 0 Å². The Balaban J connectivity index is 0.00000225. The molecule has 2 N–H and O–H groups in total. The summed E-state index contributed by atoms with van der Waals surface area (Å²) in [5.41, 5.74) is 2.75. The summed E-state index contributed by atoms with van der Waals surface area (Å²) in [4.78, 5) is 27.5. The van der Waals surface area contributed by atoms with E-state index in [0.29, 0.717) is 6.04 Å². The molecule has 5 nitrogen and oxygen atoms in total. The largest absolute Gasteiger partial charge is 0.336 e. The quantitative estimate of drug-likeness (QED) is 0.804. The van der Waals surface area contributed by atoms with Gasteiger partial charge in [0.05, 0.1) is 0 Å². The molecular formula is C22H32ClN3O2. The van der Waals surface area contributed by atoms with Crippen molar-refractivity contribution in [1.82, 2.24) is 10.2 Å². The first-order valence-electron chi connectivity index (χ1n) is 10.4. The first-order valence-corrected chi connectivity index (χ1v) is 10.4. The van der Waals surface area contributed by atoms with Crippen molar-refractivity contribution in [2.24, 2.45) is 11.3 Å². The second-order valence-corrected chi connectivity index (χ2v) is 8.73. The summed E-state index contributed by atoms with van der Waals surface area (Å²) in [6, 6.07) is 5.99. The smallest absolute Gasteiger partial charge is 0.254 e. The fourth-order valence-corrected chi connectivity index (χ4v) is 4.92. The van der Waals surface area contributed by atoms with E-state index in [1.165, 1.54) is 6.42 Å². The van der Waals surface area contributed by atoms with Crippen LogP contribution in [0.15, 0.2) is 18.2 Å². The molecule has 1 aromatic carbocycles. The molecule has 6 heteroatoms. The lowest BCUT2D eigenvalue weighted by molar-refractivity contribution is -0.118. The molecule has 2 unspecified atom stereocenters. The van der Waals surface area contributed by atoms with Crippen LogP contribution in [0.2, 0.25) is 0 Å². The number of piperidine rings is 2. The minimum absolute atomic E-state index is 0. The molecule has 3 aliphatic rings. The van der Waals surface area contributed by atoms with E-state index >= 15 is 0 Å². The molecule has 2 aliphatic heterocycles. The lowest BCUT2D eigenvalue weighted by Crippen LogP contribution is -2.42. The average molecular weight is 406 g/mol. The third-order valence-corrected chi connectivity index (χ3v) is 6.90. The van der Waals surface area contributed by atoms with Crippen molar-refractivity contribution in [1.29, 1.82) is 0 Å². The molecule has 1 spiro atoms. The molecule has 2 amide bonds. The Morgan fingerprint density at radius 2 is 1.96 bits per heavy atom. The highest BCUT2D eigenvalue weighted by atomic mass is 35.5. The van der Waals surface area contributed by atoms with Gasteiger partial charge in [-0.2, -0.15) is 0 Å². The van der Waals surface area contributed by atoms with Crippen LogP contribution in [0.3, 0.4) is 0 Å². The number of hydrogen-bond donors (Lipinski definition) is 2. The van der Waals surface area contributed by atoms with Gasteiger partial charge in [0.2, 0.25) is 5.91 Å². The number of aryl methyl sites for hydroxylation is 1. The van der Waals surface area contributed by atoms with Crippen molar-refractivity contribution < 1.29 is 9.59 Å². The Labute approximate surface area is 174 Å². The summed E-state index contributed by atoms with van der Waals surface area (Å²) in [6.07, 6.45) is 6.59. The Morgan fingerprint density at radius 1 is 1.21 bits per heavy atom. The molecule has 2 saturated heterocycles. The number of anilines is 1. The SMILES string of the molecule is Cc1cc(C(=O)N2CCCCC2C)ccc1NC(=O)C1CC12CCNCC2.Cl. The zero-order valence-electron chi connectivity index (χ0n) is 16.9. The van der Waals surface area contributed by atoms with Gasteiger partial charge in [0.15, 0.2) is 0 Å². The molecule has 154 valence electrons. The van der Waals surface area contributed by atoms with Crippen LogP contribution >= 0.6 is 12.4 Å². The van der Waals surface area contributed by atoms with Gasteiger partial charge in [-0.15, -0.1) is 12.4 Å². The van der Waals surface area contributed by atoms with E-state index in [2.05, 4.69) is 17.6 Å². The number of likely N-dealkylation sites (tertiary alicyclic amines) is 1. The number of nitrogens with zero attached hydrogens (tertiary/aromatic N) is 1. The van der Waals surface area contributed by atoms with Crippen LogP contribution < -0.4 is 10.6 Å². The highest BCUT2D eigenvalue weighted by Gasteiger charge is 2.57. The van der Waals surface area contributed by atoms with Gasteiger partial charge in [-0.25, -0.2) is 0 Å². The summed E-state index contributed by atoms with van der Waals surface area (Å²) in [6.45, 7) is 6.99. The highest BCUT2D eigenvalue weighted by molar-refractivity contribution is 5.98. The van der Waals surface area contributed by atoms with Gasteiger partial charge in [0, 0.05) is 29.8 Å². The van der Waals surface area contributed by atoms with Gasteiger partial charge in [-0.1, -0.05) is 0 Å². The zero-order valence-corrected chi connectivity index (χ0v) is 17.7. The lowest BCUT2D eigenvalue weighted by atomic mass is 9.91. The van der Waals surface area contributed by atoms with E-state index in [0.717, 1.165) is 68.6 Å². The normalized spacial score (nSPS) is 25.7. The molecule has 1 saturated carbocycles. The number of halogens is 1. The lowest BCUT2D eigenvalue weighted by Gasteiger charge is -2.33. The number of benzene rings is 1. The standard InChI is InChI=1S/C22H31N3O2.ClH/c1-15-13-17(21(27)25-12-4-3-5-16(25)2)6-7-19(15)24-20(26)18-14-22(18)8-10-23-11-9-22;/h6-7,13,16,18,23H,3-5,8-12,14H2,1-2H3,(H,24,26);1H. The number of nitrogens with one attached hydrogen (secondary N) is 2. The van der Waals surface area contributed by atoms with Crippen LogP contribution in [0.4, 0.5) is 5.69 Å². The highest BCUT2D eigenvalue weighted by Crippen LogP contribution is 2.58. The Kier molecular flexibility index (Phi) is 6.35. The summed E-state index contributed by atoms with van der Waals surface area (Å²) in [7, 11) is 0. The van der Waals surface area contributed by atoms with Gasteiger partial charge >= 0.3 is 0 Å². The molecule has 2 heterocycles. The summed E-state index contributed by atoms with van der Waals surface area (Å²) in [5, 5.41) is 6.49. The molecule has 28 heavy (non-hydrogen) atoms. The fraction of sp³-hybridized carbons (Fsp3) is 0.636. The fourth-order valence-electron chi connectivity index (χ4n) is 4.92. The number of rotatable bonds is 3. The van der Waals surface area contributed by atoms with Gasteiger partial charge in [-0.05, 0) is 94.6 Å². The second-order valence-electron chi connectivity index (χ2n) is 8.73. The van der Waals surface area contributed by atoms with Crippen LogP contribution in [0.5, 0.6) is 0 Å². The molecule has 0 bridgehead atoms. The van der Waals surface area contributed by atoms with Crippen molar-refractivity contribution in [2.45, 2.75) is 58.4 Å². The monoisotopic (exact) mass is 405 g/mol. The van der Waals surface area contributed by atoms with Crippen LogP contribution in [0.1, 0.15) is 61.4 Å². The minimum Gasteiger partial charge on any atom is -0.336 e. The molecule has 3 fully saturated rings. The number of hydrogen-bond acceptors (Lipinski definition) is 3. The van der Waals surface area contributed by atoms with Crippen molar-refractivity contribution in [2.75, 3.05) is 25.0 Å². The van der Waals surface area contributed by atoms with Crippen LogP contribution in [-0.4, -0.2) is 42.4 Å². The average Bonchev–Trinajstić information content (AvgIpc) is 3.36. The van der Waals surface area contributed by atoms with Gasteiger partial charge in [-0.3, -0.25) is 9.59 Å². The number of carbonyl (C=O) groups is 2. The second kappa shape index (κ2) is 8.42. The zero-order chi connectivity index (χ0) is 19.0.